The van der Waals surface area contributed by atoms with Gasteiger partial charge in [0.2, 0.25) is 0 Å². The van der Waals surface area contributed by atoms with Crippen LogP contribution in [0.15, 0.2) is 40.7 Å². The predicted molar refractivity (Wildman–Crippen MR) is 97.8 cm³/mol. The number of rotatable bonds is 3. The zero-order valence-electron chi connectivity index (χ0n) is 13.1. The Labute approximate surface area is 159 Å². The van der Waals surface area contributed by atoms with Crippen LogP contribution in [0.2, 0.25) is 0 Å². The molecule has 3 aromatic heterocycles. The zero-order valence-corrected chi connectivity index (χ0v) is 16.4. The van der Waals surface area contributed by atoms with Crippen molar-refractivity contribution in [2.75, 3.05) is 14.2 Å². The molecule has 0 aromatic carbocycles. The van der Waals surface area contributed by atoms with Crippen molar-refractivity contribution in [3.8, 4) is 10.7 Å². The number of carbonyl (C=O) groups is 2. The minimum atomic E-state index is -0.366. The van der Waals surface area contributed by atoms with E-state index in [-0.39, 0.29) is 11.9 Å². The molecule has 0 spiro atoms. The SMILES string of the molecule is COC(=O)c1cnc(-c2ccccn2)s1.COC(=O)c1cnc(Br)s1. The Balaban J connectivity index is 0.000000196. The maximum atomic E-state index is 11.2. The molecule has 3 aromatic rings. The summed E-state index contributed by atoms with van der Waals surface area (Å²) in [5, 5.41) is 0.719. The molecule has 7 nitrogen and oxygen atoms in total. The number of hydrogen-bond donors (Lipinski definition) is 0. The van der Waals surface area contributed by atoms with E-state index >= 15 is 0 Å². The summed E-state index contributed by atoms with van der Waals surface area (Å²) >= 11 is 5.65. The average molecular weight is 442 g/mol. The Kier molecular flexibility index (Phi) is 7.16. The lowest BCUT2D eigenvalue weighted by Gasteiger charge is -1.92. The number of carbonyl (C=O) groups excluding carboxylic acids is 2. The van der Waals surface area contributed by atoms with Crippen molar-refractivity contribution in [1.82, 2.24) is 15.0 Å². The Morgan fingerprint density at radius 1 is 0.960 bits per heavy atom. The lowest BCUT2D eigenvalue weighted by atomic mass is 10.4. The molecular formula is C15H12BrN3O4S2. The second-order valence-electron chi connectivity index (χ2n) is 4.21. The highest BCUT2D eigenvalue weighted by molar-refractivity contribution is 9.11. The van der Waals surface area contributed by atoms with Gasteiger partial charge in [-0.15, -0.1) is 22.7 Å². The predicted octanol–water partition coefficient (Wildman–Crippen LogP) is 3.68. The highest BCUT2D eigenvalue weighted by Crippen LogP contribution is 2.23. The van der Waals surface area contributed by atoms with Gasteiger partial charge < -0.3 is 9.47 Å². The van der Waals surface area contributed by atoms with E-state index in [1.807, 2.05) is 18.2 Å². The van der Waals surface area contributed by atoms with Crippen LogP contribution in [-0.2, 0) is 9.47 Å². The number of esters is 2. The maximum absolute atomic E-state index is 11.2. The molecule has 0 saturated heterocycles. The topological polar surface area (TPSA) is 91.3 Å². The average Bonchev–Trinajstić information content (AvgIpc) is 3.31. The number of ether oxygens (including phenoxy) is 2. The van der Waals surface area contributed by atoms with Gasteiger partial charge in [-0.1, -0.05) is 6.07 Å². The summed E-state index contributed by atoms with van der Waals surface area (Å²) < 4.78 is 9.74. The molecule has 10 heteroatoms. The van der Waals surface area contributed by atoms with Crippen molar-refractivity contribution in [3.63, 3.8) is 0 Å². The van der Waals surface area contributed by atoms with E-state index in [0.29, 0.717) is 13.7 Å². The van der Waals surface area contributed by atoms with E-state index in [1.165, 1.54) is 49.3 Å². The van der Waals surface area contributed by atoms with Crippen molar-refractivity contribution < 1.29 is 19.1 Å². The molecule has 0 bridgehead atoms. The second kappa shape index (κ2) is 9.35. The minimum absolute atomic E-state index is 0.344. The molecular weight excluding hydrogens is 430 g/mol. The fourth-order valence-corrected chi connectivity index (χ4v) is 3.52. The molecule has 0 radical (unpaired) electrons. The molecule has 25 heavy (non-hydrogen) atoms. The summed E-state index contributed by atoms with van der Waals surface area (Å²) in [5.74, 6) is -0.710. The molecule has 0 N–H and O–H groups in total. The van der Waals surface area contributed by atoms with E-state index in [9.17, 15) is 9.59 Å². The fourth-order valence-electron chi connectivity index (χ4n) is 1.52. The standard InChI is InChI=1S/C10H8N2O2S.C5H4BrNO2S/c1-14-10(13)8-6-12-9(15-8)7-4-2-3-5-11-7;1-9-4(8)3-2-7-5(6)10-3/h2-6H,1H3;2H,1H3. The van der Waals surface area contributed by atoms with Gasteiger partial charge in [-0.05, 0) is 28.1 Å². The van der Waals surface area contributed by atoms with Crippen LogP contribution in [-0.4, -0.2) is 41.1 Å². The lowest BCUT2D eigenvalue weighted by molar-refractivity contribution is 0.0597. The molecule has 0 aliphatic rings. The van der Waals surface area contributed by atoms with Crippen molar-refractivity contribution in [1.29, 1.82) is 0 Å². The van der Waals surface area contributed by atoms with E-state index in [2.05, 4.69) is 40.4 Å². The summed E-state index contributed by atoms with van der Waals surface area (Å²) in [6, 6.07) is 5.56. The van der Waals surface area contributed by atoms with Gasteiger partial charge in [0.25, 0.3) is 0 Å². The van der Waals surface area contributed by atoms with Gasteiger partial charge in [-0.3, -0.25) is 4.98 Å². The van der Waals surface area contributed by atoms with Gasteiger partial charge in [-0.2, -0.15) is 0 Å². The number of pyridine rings is 1. The third-order valence-electron chi connectivity index (χ3n) is 2.64. The molecule has 0 unspecified atom stereocenters. The quantitative estimate of drug-likeness (QED) is 0.572. The summed E-state index contributed by atoms with van der Waals surface area (Å²) in [6.07, 6.45) is 4.66. The molecule has 0 aliphatic carbocycles. The molecule has 130 valence electrons. The molecule has 0 amide bonds. The van der Waals surface area contributed by atoms with Gasteiger partial charge in [0.05, 0.1) is 32.3 Å². The molecule has 3 heterocycles. The van der Waals surface area contributed by atoms with Crippen LogP contribution in [0.4, 0.5) is 0 Å². The minimum Gasteiger partial charge on any atom is -0.465 e. The molecule has 0 atom stereocenters. The Bertz CT molecular complexity index is 851. The number of hydrogen-bond acceptors (Lipinski definition) is 9. The zero-order chi connectivity index (χ0) is 18.2. The summed E-state index contributed by atoms with van der Waals surface area (Å²) in [7, 11) is 2.69. The monoisotopic (exact) mass is 441 g/mol. The Morgan fingerprint density at radius 3 is 2.12 bits per heavy atom. The lowest BCUT2D eigenvalue weighted by Crippen LogP contribution is -1.96. The highest BCUT2D eigenvalue weighted by atomic mass is 79.9. The first-order valence-electron chi connectivity index (χ1n) is 6.70. The van der Waals surface area contributed by atoms with Gasteiger partial charge >= 0.3 is 11.9 Å². The Hall–Kier alpha value is -2.17. The van der Waals surface area contributed by atoms with Crippen LogP contribution < -0.4 is 0 Å². The first kappa shape index (κ1) is 19.2. The summed E-state index contributed by atoms with van der Waals surface area (Å²) in [5.41, 5.74) is 0.762. The van der Waals surface area contributed by atoms with Crippen molar-refractivity contribution in [2.24, 2.45) is 0 Å². The normalized spacial score (nSPS) is 9.72. The van der Waals surface area contributed by atoms with Gasteiger partial charge in [-0.25, -0.2) is 19.6 Å². The van der Waals surface area contributed by atoms with E-state index in [0.717, 1.165) is 10.7 Å². The molecule has 0 saturated carbocycles. The molecule has 0 aliphatic heterocycles. The van der Waals surface area contributed by atoms with Crippen LogP contribution in [0.5, 0.6) is 0 Å². The van der Waals surface area contributed by atoms with Crippen LogP contribution in [0.3, 0.4) is 0 Å². The summed E-state index contributed by atoms with van der Waals surface area (Å²) in [6.45, 7) is 0. The van der Waals surface area contributed by atoms with E-state index in [4.69, 9.17) is 0 Å². The third-order valence-corrected chi connectivity index (χ3v) is 5.10. The van der Waals surface area contributed by atoms with Crippen molar-refractivity contribution >= 4 is 50.5 Å². The number of thiazole rings is 2. The second-order valence-corrected chi connectivity index (χ2v) is 7.54. The van der Waals surface area contributed by atoms with Crippen LogP contribution in [0, 0.1) is 0 Å². The van der Waals surface area contributed by atoms with Crippen LogP contribution >= 0.6 is 38.6 Å². The van der Waals surface area contributed by atoms with Gasteiger partial charge in [0.1, 0.15) is 14.8 Å². The summed E-state index contributed by atoms with van der Waals surface area (Å²) in [4.78, 5) is 35.0. The molecule has 3 rings (SSSR count). The first-order valence-corrected chi connectivity index (χ1v) is 9.13. The van der Waals surface area contributed by atoms with E-state index < -0.39 is 0 Å². The first-order chi connectivity index (χ1) is 12.0. The largest absolute Gasteiger partial charge is 0.465 e. The van der Waals surface area contributed by atoms with Crippen molar-refractivity contribution in [3.05, 3.63) is 50.5 Å². The molecule has 0 fully saturated rings. The highest BCUT2D eigenvalue weighted by Gasteiger charge is 2.11. The van der Waals surface area contributed by atoms with Crippen LogP contribution in [0.1, 0.15) is 19.3 Å². The van der Waals surface area contributed by atoms with Crippen molar-refractivity contribution in [2.45, 2.75) is 0 Å². The smallest absolute Gasteiger partial charge is 0.349 e. The van der Waals surface area contributed by atoms with Crippen LogP contribution in [0.25, 0.3) is 10.7 Å². The fraction of sp³-hybridized carbons (Fsp3) is 0.133. The third kappa shape index (κ3) is 5.41. The number of aromatic nitrogens is 3. The number of halogens is 1. The van der Waals surface area contributed by atoms with E-state index in [1.54, 1.807) is 6.20 Å². The number of methoxy groups -OCH3 is 2. The Morgan fingerprint density at radius 2 is 1.60 bits per heavy atom. The van der Waals surface area contributed by atoms with Gasteiger partial charge in [0, 0.05) is 6.20 Å². The number of nitrogens with zero attached hydrogens (tertiary/aromatic N) is 3. The van der Waals surface area contributed by atoms with Gasteiger partial charge in [0.15, 0.2) is 3.92 Å². The maximum Gasteiger partial charge on any atom is 0.349 e.